The van der Waals surface area contributed by atoms with E-state index in [0.29, 0.717) is 11.3 Å². The maximum atomic E-state index is 12.3. The number of benzene rings is 2. The normalized spacial score (nSPS) is 10.4. The van der Waals surface area contributed by atoms with Crippen LogP contribution in [0.4, 0.5) is 0 Å². The van der Waals surface area contributed by atoms with Gasteiger partial charge in [0.15, 0.2) is 0 Å². The summed E-state index contributed by atoms with van der Waals surface area (Å²) in [5.41, 5.74) is 3.08. The van der Waals surface area contributed by atoms with Crippen molar-refractivity contribution in [2.45, 2.75) is 13.5 Å². The minimum Gasteiger partial charge on any atom is -0.457 e. The molecule has 0 fully saturated rings. The first-order valence-corrected chi connectivity index (χ1v) is 6.79. The number of ether oxygens (including phenoxy) is 1. The van der Waals surface area contributed by atoms with Crippen LogP contribution in [0.2, 0.25) is 0 Å². The molecule has 0 saturated heterocycles. The van der Waals surface area contributed by atoms with Gasteiger partial charge in [-0.3, -0.25) is 0 Å². The van der Waals surface area contributed by atoms with Crippen LogP contribution in [0.5, 0.6) is 0 Å². The smallest absolute Gasteiger partial charge is 0.340 e. The zero-order valence-corrected chi connectivity index (χ0v) is 12.0. The zero-order valence-electron chi connectivity index (χ0n) is 12.0. The highest BCUT2D eigenvalue weighted by atomic mass is 16.5. The van der Waals surface area contributed by atoms with Gasteiger partial charge in [-0.1, -0.05) is 42.0 Å². The zero-order chi connectivity index (χ0) is 15.4. The predicted molar refractivity (Wildman–Crippen MR) is 79.5 cm³/mol. The van der Waals surface area contributed by atoms with Crippen molar-refractivity contribution in [3.8, 4) is 5.69 Å². The molecule has 0 spiro atoms. The Balaban J connectivity index is 1.78. The Morgan fingerprint density at radius 2 is 2.05 bits per heavy atom. The van der Waals surface area contributed by atoms with Crippen LogP contribution in [0, 0.1) is 6.92 Å². The first-order chi connectivity index (χ1) is 10.7. The predicted octanol–water partition coefficient (Wildman–Crippen LogP) is 2.33. The number of rotatable bonds is 4. The molecule has 110 valence electrons. The highest BCUT2D eigenvalue weighted by Gasteiger charge is 2.14. The maximum Gasteiger partial charge on any atom is 0.340 e. The first kappa shape index (κ1) is 13.9. The number of tetrazole rings is 1. The van der Waals surface area contributed by atoms with Crippen LogP contribution in [0.3, 0.4) is 0 Å². The number of aryl methyl sites for hydroxylation is 1. The molecular weight excluding hydrogens is 280 g/mol. The van der Waals surface area contributed by atoms with Crippen molar-refractivity contribution in [2.75, 3.05) is 0 Å². The summed E-state index contributed by atoms with van der Waals surface area (Å²) in [7, 11) is 0. The number of carbonyl (C=O) groups excluding carboxylic acids is 1. The molecule has 0 unspecified atom stereocenters. The van der Waals surface area contributed by atoms with Crippen LogP contribution < -0.4 is 0 Å². The number of aromatic nitrogens is 4. The Hall–Kier alpha value is -3.02. The van der Waals surface area contributed by atoms with Gasteiger partial charge in [-0.15, -0.1) is 5.10 Å². The lowest BCUT2D eigenvalue weighted by Gasteiger charge is -2.09. The topological polar surface area (TPSA) is 69.9 Å². The van der Waals surface area contributed by atoms with Gasteiger partial charge in [-0.25, -0.2) is 4.79 Å². The van der Waals surface area contributed by atoms with Gasteiger partial charge in [0.05, 0.1) is 11.3 Å². The molecule has 6 heteroatoms. The Kier molecular flexibility index (Phi) is 3.91. The Bertz CT molecular complexity index is 784. The molecule has 0 saturated carbocycles. The fourth-order valence-corrected chi connectivity index (χ4v) is 2.15. The van der Waals surface area contributed by atoms with E-state index in [1.807, 2.05) is 37.3 Å². The third kappa shape index (κ3) is 3.01. The molecule has 0 aliphatic rings. The Morgan fingerprint density at radius 3 is 2.82 bits per heavy atom. The molecule has 3 aromatic rings. The SMILES string of the molecule is Cc1cccc(COC(=O)c2ccccc2-n2cnnn2)c1. The molecule has 0 amide bonds. The molecule has 0 aliphatic carbocycles. The van der Waals surface area contributed by atoms with Crippen molar-refractivity contribution in [3.63, 3.8) is 0 Å². The standard InChI is InChI=1S/C16H14N4O2/c1-12-5-4-6-13(9-12)10-22-16(21)14-7-2-3-8-15(14)20-11-17-18-19-20/h2-9,11H,10H2,1H3. The average molecular weight is 294 g/mol. The summed E-state index contributed by atoms with van der Waals surface area (Å²) >= 11 is 0. The third-order valence-electron chi connectivity index (χ3n) is 3.17. The average Bonchev–Trinajstić information content (AvgIpc) is 3.07. The van der Waals surface area contributed by atoms with Crippen LogP contribution in [0.25, 0.3) is 5.69 Å². The van der Waals surface area contributed by atoms with E-state index < -0.39 is 5.97 Å². The molecule has 0 aliphatic heterocycles. The Labute approximate surface area is 127 Å². The summed E-state index contributed by atoms with van der Waals surface area (Å²) in [6, 6.07) is 14.9. The molecule has 0 atom stereocenters. The number of carbonyl (C=O) groups is 1. The summed E-state index contributed by atoms with van der Waals surface area (Å²) in [6.45, 7) is 2.22. The largest absolute Gasteiger partial charge is 0.457 e. The van der Waals surface area contributed by atoms with Crippen LogP contribution in [-0.4, -0.2) is 26.2 Å². The van der Waals surface area contributed by atoms with E-state index in [9.17, 15) is 4.79 Å². The summed E-state index contributed by atoms with van der Waals surface area (Å²) in [4.78, 5) is 12.3. The van der Waals surface area contributed by atoms with E-state index in [4.69, 9.17) is 4.74 Å². The van der Waals surface area contributed by atoms with E-state index in [-0.39, 0.29) is 6.61 Å². The highest BCUT2D eigenvalue weighted by molar-refractivity contribution is 5.93. The van der Waals surface area contributed by atoms with Gasteiger partial charge in [0, 0.05) is 0 Å². The number of hydrogen-bond donors (Lipinski definition) is 0. The summed E-state index contributed by atoms with van der Waals surface area (Å²) in [6.07, 6.45) is 1.44. The second-order valence-electron chi connectivity index (χ2n) is 4.84. The van der Waals surface area contributed by atoms with E-state index >= 15 is 0 Å². The molecule has 6 nitrogen and oxygen atoms in total. The molecular formula is C16H14N4O2. The molecule has 2 aromatic carbocycles. The lowest BCUT2D eigenvalue weighted by atomic mass is 10.1. The van der Waals surface area contributed by atoms with Crippen molar-refractivity contribution >= 4 is 5.97 Å². The van der Waals surface area contributed by atoms with Crippen molar-refractivity contribution < 1.29 is 9.53 Å². The molecule has 22 heavy (non-hydrogen) atoms. The second-order valence-corrected chi connectivity index (χ2v) is 4.84. The first-order valence-electron chi connectivity index (χ1n) is 6.79. The van der Waals surface area contributed by atoms with Gasteiger partial charge in [0.25, 0.3) is 0 Å². The van der Waals surface area contributed by atoms with E-state index in [2.05, 4.69) is 15.5 Å². The summed E-state index contributed by atoms with van der Waals surface area (Å²) in [5.74, 6) is -0.410. The number of para-hydroxylation sites is 1. The minimum absolute atomic E-state index is 0.227. The van der Waals surface area contributed by atoms with Crippen LogP contribution in [0.1, 0.15) is 21.5 Å². The molecule has 0 bridgehead atoms. The minimum atomic E-state index is -0.410. The lowest BCUT2D eigenvalue weighted by molar-refractivity contribution is 0.0472. The molecule has 0 radical (unpaired) electrons. The van der Waals surface area contributed by atoms with Crippen LogP contribution in [0.15, 0.2) is 54.9 Å². The fraction of sp³-hybridized carbons (Fsp3) is 0.125. The Morgan fingerprint density at radius 1 is 1.18 bits per heavy atom. The van der Waals surface area contributed by atoms with E-state index in [0.717, 1.165) is 11.1 Å². The summed E-state index contributed by atoms with van der Waals surface area (Å²) < 4.78 is 6.82. The highest BCUT2D eigenvalue weighted by Crippen LogP contribution is 2.15. The van der Waals surface area contributed by atoms with Crippen molar-refractivity contribution in [2.24, 2.45) is 0 Å². The third-order valence-corrected chi connectivity index (χ3v) is 3.17. The van der Waals surface area contributed by atoms with Crippen LogP contribution in [-0.2, 0) is 11.3 Å². The number of esters is 1. The second kappa shape index (κ2) is 6.17. The van der Waals surface area contributed by atoms with E-state index in [1.165, 1.54) is 11.0 Å². The van der Waals surface area contributed by atoms with Crippen molar-refractivity contribution in [1.82, 2.24) is 20.2 Å². The van der Waals surface area contributed by atoms with Crippen molar-refractivity contribution in [3.05, 3.63) is 71.5 Å². The number of hydrogen-bond acceptors (Lipinski definition) is 5. The van der Waals surface area contributed by atoms with Gasteiger partial charge >= 0.3 is 5.97 Å². The van der Waals surface area contributed by atoms with Gasteiger partial charge in [0.1, 0.15) is 12.9 Å². The molecule has 1 aromatic heterocycles. The maximum absolute atomic E-state index is 12.3. The van der Waals surface area contributed by atoms with Gasteiger partial charge in [0.2, 0.25) is 0 Å². The lowest BCUT2D eigenvalue weighted by Crippen LogP contribution is -2.10. The van der Waals surface area contributed by atoms with Gasteiger partial charge in [-0.05, 0) is 35.0 Å². The quantitative estimate of drug-likeness (QED) is 0.691. The molecule has 3 rings (SSSR count). The fourth-order valence-electron chi connectivity index (χ4n) is 2.15. The van der Waals surface area contributed by atoms with Gasteiger partial charge in [-0.2, -0.15) is 4.68 Å². The monoisotopic (exact) mass is 294 g/mol. The number of nitrogens with zero attached hydrogens (tertiary/aromatic N) is 4. The summed E-state index contributed by atoms with van der Waals surface area (Å²) in [5, 5.41) is 11.0. The van der Waals surface area contributed by atoms with Crippen molar-refractivity contribution in [1.29, 1.82) is 0 Å². The van der Waals surface area contributed by atoms with Crippen LogP contribution >= 0.6 is 0 Å². The molecule has 1 heterocycles. The van der Waals surface area contributed by atoms with Gasteiger partial charge < -0.3 is 4.74 Å². The molecule has 0 N–H and O–H groups in total. The van der Waals surface area contributed by atoms with E-state index in [1.54, 1.807) is 18.2 Å².